The van der Waals surface area contributed by atoms with Crippen molar-refractivity contribution in [2.45, 2.75) is 25.8 Å². The quantitative estimate of drug-likeness (QED) is 0.829. The van der Waals surface area contributed by atoms with E-state index in [1.807, 2.05) is 18.3 Å². The number of hydrogen-bond donors (Lipinski definition) is 0. The second-order valence-electron chi connectivity index (χ2n) is 4.64. The number of nitrogens with zero attached hydrogens (tertiary/aromatic N) is 4. The summed E-state index contributed by atoms with van der Waals surface area (Å²) in [5, 5.41) is 8.61. The smallest absolute Gasteiger partial charge is 0.164 e. The molecule has 1 aliphatic heterocycles. The number of methoxy groups -OCH3 is 1. The van der Waals surface area contributed by atoms with Gasteiger partial charge in [-0.2, -0.15) is 0 Å². The molecular weight excluding hydrogens is 228 g/mol. The van der Waals surface area contributed by atoms with E-state index in [2.05, 4.69) is 26.4 Å². The molecule has 1 fully saturated rings. The highest BCUT2D eigenvalue weighted by Crippen LogP contribution is 2.30. The lowest BCUT2D eigenvalue weighted by Crippen LogP contribution is -2.24. The van der Waals surface area contributed by atoms with Gasteiger partial charge in [-0.05, 0) is 32.0 Å². The summed E-state index contributed by atoms with van der Waals surface area (Å²) in [6.45, 7) is 4.42. The summed E-state index contributed by atoms with van der Waals surface area (Å²) in [7, 11) is 1.67. The van der Waals surface area contributed by atoms with Gasteiger partial charge >= 0.3 is 0 Å². The minimum absolute atomic E-state index is 0.401. The summed E-state index contributed by atoms with van der Waals surface area (Å²) in [6.07, 6.45) is 4.40. The van der Waals surface area contributed by atoms with E-state index in [4.69, 9.17) is 4.74 Å². The van der Waals surface area contributed by atoms with E-state index in [1.54, 1.807) is 7.11 Å². The molecule has 0 N–H and O–H groups in total. The second-order valence-corrected chi connectivity index (χ2v) is 4.64. The van der Waals surface area contributed by atoms with E-state index >= 15 is 0 Å². The fourth-order valence-corrected chi connectivity index (χ4v) is 2.74. The van der Waals surface area contributed by atoms with Gasteiger partial charge in [-0.1, -0.05) is 6.92 Å². The molecule has 5 heteroatoms. The molecule has 0 spiro atoms. The third kappa shape index (κ3) is 1.75. The average Bonchev–Trinajstić information content (AvgIpc) is 3.03. The second kappa shape index (κ2) is 4.57. The molecule has 0 radical (unpaired) electrons. The predicted molar refractivity (Wildman–Crippen MR) is 68.8 cm³/mol. The predicted octanol–water partition coefficient (Wildman–Crippen LogP) is 1.89. The van der Waals surface area contributed by atoms with Gasteiger partial charge in [0.2, 0.25) is 0 Å². The number of fused-ring (bicyclic) bond motifs is 1. The molecule has 1 atom stereocenters. The molecule has 1 aliphatic rings. The maximum Gasteiger partial charge on any atom is 0.164 e. The highest BCUT2D eigenvalue weighted by Gasteiger charge is 2.28. The molecule has 3 rings (SSSR count). The lowest BCUT2D eigenvalue weighted by atomic mass is 10.2. The van der Waals surface area contributed by atoms with Crippen LogP contribution >= 0.6 is 0 Å². The maximum absolute atomic E-state index is 5.21. The van der Waals surface area contributed by atoms with Gasteiger partial charge in [-0.15, -0.1) is 10.2 Å². The highest BCUT2D eigenvalue weighted by atomic mass is 16.5. The average molecular weight is 246 g/mol. The van der Waals surface area contributed by atoms with Gasteiger partial charge in [0, 0.05) is 12.3 Å². The molecule has 0 amide bonds. The molecule has 0 saturated carbocycles. The van der Waals surface area contributed by atoms with Gasteiger partial charge in [0.1, 0.15) is 5.75 Å². The van der Waals surface area contributed by atoms with E-state index < -0.39 is 0 Å². The Kier molecular flexibility index (Phi) is 2.91. The van der Waals surface area contributed by atoms with Crippen LogP contribution in [0.3, 0.4) is 0 Å². The molecule has 3 heterocycles. The summed E-state index contributed by atoms with van der Waals surface area (Å²) in [5.41, 5.74) is 0.854. The zero-order valence-corrected chi connectivity index (χ0v) is 10.8. The Balaban J connectivity index is 2.02. The molecule has 0 aromatic carbocycles. The first-order valence-corrected chi connectivity index (χ1v) is 6.46. The monoisotopic (exact) mass is 246 g/mol. The molecule has 5 nitrogen and oxygen atoms in total. The van der Waals surface area contributed by atoms with Gasteiger partial charge in [0.05, 0.1) is 13.2 Å². The Hall–Kier alpha value is -1.62. The van der Waals surface area contributed by atoms with Crippen molar-refractivity contribution in [1.29, 1.82) is 0 Å². The van der Waals surface area contributed by atoms with Crippen LogP contribution in [0, 0.1) is 0 Å². The van der Waals surface area contributed by atoms with Gasteiger partial charge in [0.25, 0.3) is 0 Å². The van der Waals surface area contributed by atoms with E-state index in [0.29, 0.717) is 6.04 Å². The van der Waals surface area contributed by atoms with Crippen molar-refractivity contribution in [3.8, 4) is 5.75 Å². The van der Waals surface area contributed by atoms with Crippen LogP contribution in [-0.2, 0) is 0 Å². The van der Waals surface area contributed by atoms with Crippen molar-refractivity contribution in [1.82, 2.24) is 19.5 Å². The Morgan fingerprint density at radius 2 is 2.33 bits per heavy atom. The molecule has 96 valence electrons. The highest BCUT2D eigenvalue weighted by molar-refractivity contribution is 5.44. The topological polar surface area (TPSA) is 42.7 Å². The fraction of sp³-hybridized carbons (Fsp3) is 0.538. The van der Waals surface area contributed by atoms with Gasteiger partial charge in [-0.3, -0.25) is 9.30 Å². The SMILES string of the molecule is CCN1CCCC1c1nnc2cc(OC)ccn12. The normalized spacial score (nSPS) is 20.7. The van der Waals surface area contributed by atoms with Crippen LogP contribution in [-0.4, -0.2) is 39.7 Å². The maximum atomic E-state index is 5.21. The first kappa shape index (κ1) is 11.5. The minimum atomic E-state index is 0.401. The van der Waals surface area contributed by atoms with Gasteiger partial charge in [0.15, 0.2) is 11.5 Å². The first-order chi connectivity index (χ1) is 8.83. The molecule has 1 saturated heterocycles. The number of aromatic nitrogens is 3. The van der Waals surface area contributed by atoms with Crippen molar-refractivity contribution in [2.24, 2.45) is 0 Å². The lowest BCUT2D eigenvalue weighted by Gasteiger charge is -2.20. The molecule has 18 heavy (non-hydrogen) atoms. The molecular formula is C13H18N4O. The van der Waals surface area contributed by atoms with E-state index in [-0.39, 0.29) is 0 Å². The minimum Gasteiger partial charge on any atom is -0.497 e. The zero-order valence-electron chi connectivity index (χ0n) is 10.8. The van der Waals surface area contributed by atoms with Crippen LogP contribution in [0.4, 0.5) is 0 Å². The van der Waals surface area contributed by atoms with Crippen LogP contribution in [0.1, 0.15) is 31.6 Å². The Labute approximate surface area is 106 Å². The van der Waals surface area contributed by atoms with Gasteiger partial charge < -0.3 is 4.74 Å². The number of hydrogen-bond acceptors (Lipinski definition) is 4. The van der Waals surface area contributed by atoms with Crippen molar-refractivity contribution >= 4 is 5.65 Å². The van der Waals surface area contributed by atoms with Crippen molar-refractivity contribution in [3.05, 3.63) is 24.2 Å². The summed E-state index contributed by atoms with van der Waals surface area (Å²) < 4.78 is 7.28. The zero-order chi connectivity index (χ0) is 12.5. The molecule has 0 bridgehead atoms. The van der Waals surface area contributed by atoms with Crippen molar-refractivity contribution < 1.29 is 4.74 Å². The Morgan fingerprint density at radius 3 is 3.11 bits per heavy atom. The standard InChI is InChI=1S/C13H18N4O/c1-3-16-7-4-5-11(16)13-15-14-12-9-10(18-2)6-8-17(12)13/h6,8-9,11H,3-5,7H2,1-2H3. The number of likely N-dealkylation sites (tertiary alicyclic amines) is 1. The Bertz CT molecular complexity index is 551. The summed E-state index contributed by atoms with van der Waals surface area (Å²) in [5.74, 6) is 1.87. The largest absolute Gasteiger partial charge is 0.497 e. The van der Waals surface area contributed by atoms with Gasteiger partial charge in [-0.25, -0.2) is 0 Å². The van der Waals surface area contributed by atoms with Crippen LogP contribution in [0.2, 0.25) is 0 Å². The van der Waals surface area contributed by atoms with Crippen molar-refractivity contribution in [2.75, 3.05) is 20.2 Å². The summed E-state index contributed by atoms with van der Waals surface area (Å²) >= 11 is 0. The molecule has 0 aliphatic carbocycles. The molecule has 2 aromatic heterocycles. The summed E-state index contributed by atoms with van der Waals surface area (Å²) in [6, 6.07) is 4.27. The number of ether oxygens (including phenoxy) is 1. The third-order valence-electron chi connectivity index (χ3n) is 3.71. The van der Waals surface area contributed by atoms with E-state index in [0.717, 1.165) is 30.3 Å². The number of rotatable bonds is 3. The van der Waals surface area contributed by atoms with Crippen LogP contribution in [0.15, 0.2) is 18.3 Å². The van der Waals surface area contributed by atoms with E-state index in [1.165, 1.54) is 12.8 Å². The molecule has 2 aromatic rings. The lowest BCUT2D eigenvalue weighted by molar-refractivity contribution is 0.261. The Morgan fingerprint density at radius 1 is 1.44 bits per heavy atom. The number of pyridine rings is 1. The van der Waals surface area contributed by atoms with Crippen LogP contribution in [0.5, 0.6) is 5.75 Å². The van der Waals surface area contributed by atoms with Crippen LogP contribution in [0.25, 0.3) is 5.65 Å². The van der Waals surface area contributed by atoms with E-state index in [9.17, 15) is 0 Å². The summed E-state index contributed by atoms with van der Waals surface area (Å²) in [4.78, 5) is 2.46. The third-order valence-corrected chi connectivity index (χ3v) is 3.71. The van der Waals surface area contributed by atoms with Crippen LogP contribution < -0.4 is 4.74 Å². The fourth-order valence-electron chi connectivity index (χ4n) is 2.74. The first-order valence-electron chi connectivity index (χ1n) is 6.46. The molecule has 1 unspecified atom stereocenters. The van der Waals surface area contributed by atoms with Crippen molar-refractivity contribution in [3.63, 3.8) is 0 Å².